The van der Waals surface area contributed by atoms with Crippen molar-refractivity contribution in [3.05, 3.63) is 77.6 Å². The first-order chi connectivity index (χ1) is 19.9. The fourth-order valence-corrected chi connectivity index (χ4v) is 6.75. The number of ether oxygens (including phenoxy) is 1. The number of anilines is 1. The van der Waals surface area contributed by atoms with Gasteiger partial charge in [-0.3, -0.25) is 9.59 Å². The zero-order valence-electron chi connectivity index (χ0n) is 22.5. The molecule has 5 rings (SSSR count). The molecule has 0 radical (unpaired) electrons. The summed E-state index contributed by atoms with van der Waals surface area (Å²) in [6, 6.07) is 9.12. The molecule has 230 valence electrons. The Morgan fingerprint density at radius 2 is 1.60 bits per heavy atom. The van der Waals surface area contributed by atoms with Crippen LogP contribution in [0.15, 0.2) is 65.6 Å². The fourth-order valence-electron chi connectivity index (χ4n) is 6.06. The minimum Gasteiger partial charge on any atom is -0.496 e. The van der Waals surface area contributed by atoms with E-state index in [1.54, 1.807) is 0 Å². The van der Waals surface area contributed by atoms with Crippen molar-refractivity contribution in [3.8, 4) is 16.9 Å². The minimum atomic E-state index is -9.98. The van der Waals surface area contributed by atoms with Crippen LogP contribution in [0.2, 0.25) is 0 Å². The molecule has 3 aromatic carbocycles. The number of halogens is 6. The Balaban J connectivity index is 1.40. The van der Waals surface area contributed by atoms with Crippen LogP contribution in [-0.4, -0.2) is 36.0 Å². The van der Waals surface area contributed by atoms with Crippen molar-refractivity contribution in [2.45, 2.75) is 30.2 Å². The molecular formula is C29H26F6N2O5S. The van der Waals surface area contributed by atoms with Crippen LogP contribution in [0.5, 0.6) is 5.75 Å². The zero-order chi connectivity index (χ0) is 31.4. The lowest BCUT2D eigenvalue weighted by Gasteiger charge is -2.40. The standard InChI is InChI=1S/C29H26F6N2O5S/c1-42-24-14-23(30)21(15-5-7-16(8-6-15)29(40)41)13-22(24)27(38)37-26-18-10-9-17(11-18)25(26)28(39)36-19-3-2-4-20(12-19)43(31,32,33,34)35/h2-8,12-14,17-18,25-26H,9-11H2,1H3,(H,36,39)(H,37,38)(H,40,41)/t17-,18+,25+,26-/m1/s1. The van der Waals surface area contributed by atoms with Gasteiger partial charge in [0.2, 0.25) is 5.91 Å². The van der Waals surface area contributed by atoms with Crippen LogP contribution in [0.3, 0.4) is 0 Å². The summed E-state index contributed by atoms with van der Waals surface area (Å²) in [6.07, 6.45) is 1.88. The summed E-state index contributed by atoms with van der Waals surface area (Å²) in [5.74, 6) is -4.61. The van der Waals surface area contributed by atoms with Gasteiger partial charge >= 0.3 is 16.2 Å². The third-order valence-corrected chi connectivity index (χ3v) is 9.19. The maximum Gasteiger partial charge on any atom is 0.335 e. The highest BCUT2D eigenvalue weighted by Gasteiger charge is 2.65. The SMILES string of the molecule is COc1cc(F)c(-c2ccc(C(=O)O)cc2)cc1C(=O)N[C@@H]1[C@H]2CC[C@H](C2)[C@@H]1C(=O)Nc1cccc(S(F)(F)(F)(F)F)c1. The van der Waals surface area contributed by atoms with Crippen molar-refractivity contribution in [2.24, 2.45) is 17.8 Å². The van der Waals surface area contributed by atoms with Crippen LogP contribution in [-0.2, 0) is 4.79 Å². The number of benzene rings is 3. The molecule has 3 aromatic rings. The van der Waals surface area contributed by atoms with E-state index in [4.69, 9.17) is 9.84 Å². The molecule has 0 spiro atoms. The lowest BCUT2D eigenvalue weighted by atomic mass is 9.83. The van der Waals surface area contributed by atoms with E-state index >= 15 is 0 Å². The van der Waals surface area contributed by atoms with Crippen molar-refractivity contribution in [1.82, 2.24) is 5.32 Å². The largest absolute Gasteiger partial charge is 0.496 e. The van der Waals surface area contributed by atoms with Gasteiger partial charge in [0.05, 0.1) is 24.2 Å². The average Bonchev–Trinajstić information content (AvgIpc) is 3.54. The number of fused-ring (bicyclic) bond motifs is 2. The number of rotatable bonds is 8. The molecule has 43 heavy (non-hydrogen) atoms. The molecule has 3 N–H and O–H groups in total. The molecule has 0 saturated heterocycles. The molecule has 0 aromatic heterocycles. The van der Waals surface area contributed by atoms with Crippen LogP contribution in [0, 0.1) is 23.6 Å². The van der Waals surface area contributed by atoms with Gasteiger partial charge in [-0.1, -0.05) is 37.6 Å². The van der Waals surface area contributed by atoms with Gasteiger partial charge in [0.15, 0.2) is 0 Å². The molecule has 4 atom stereocenters. The Morgan fingerprint density at radius 3 is 2.23 bits per heavy atom. The number of carbonyl (C=O) groups is 3. The molecule has 0 unspecified atom stereocenters. The number of methoxy groups -OCH3 is 1. The maximum atomic E-state index is 15.0. The Kier molecular flexibility index (Phi) is 6.99. The molecular weight excluding hydrogens is 602 g/mol. The molecule has 2 amide bonds. The quantitative estimate of drug-likeness (QED) is 0.223. The Bertz CT molecular complexity index is 1630. The molecule has 0 heterocycles. The van der Waals surface area contributed by atoms with Crippen molar-refractivity contribution in [1.29, 1.82) is 0 Å². The van der Waals surface area contributed by atoms with Gasteiger partial charge in [0, 0.05) is 23.4 Å². The fraction of sp³-hybridized carbons (Fsp3) is 0.276. The Morgan fingerprint density at radius 1 is 0.930 bits per heavy atom. The van der Waals surface area contributed by atoms with Crippen LogP contribution < -0.4 is 15.4 Å². The lowest BCUT2D eigenvalue weighted by Crippen LogP contribution is -2.48. The van der Waals surface area contributed by atoms with Crippen LogP contribution in [0.25, 0.3) is 11.1 Å². The van der Waals surface area contributed by atoms with Crippen LogP contribution in [0.4, 0.5) is 29.5 Å². The van der Waals surface area contributed by atoms with E-state index in [9.17, 15) is 38.2 Å². The summed E-state index contributed by atoms with van der Waals surface area (Å²) < 4.78 is 86.8. The molecule has 7 nitrogen and oxygen atoms in total. The number of hydrogen-bond donors (Lipinski definition) is 3. The van der Waals surface area contributed by atoms with Crippen molar-refractivity contribution >= 4 is 33.7 Å². The molecule has 2 aliphatic rings. The summed E-state index contributed by atoms with van der Waals surface area (Å²) in [7, 11) is -8.74. The van der Waals surface area contributed by atoms with E-state index in [1.807, 2.05) is 0 Å². The van der Waals surface area contributed by atoms with Gasteiger partial charge in [0.1, 0.15) is 16.5 Å². The number of carbonyl (C=O) groups excluding carboxylic acids is 2. The van der Waals surface area contributed by atoms with Gasteiger partial charge < -0.3 is 20.5 Å². The third-order valence-electron chi connectivity index (χ3n) is 8.04. The number of amides is 2. The average molecular weight is 629 g/mol. The highest BCUT2D eigenvalue weighted by molar-refractivity contribution is 8.45. The van der Waals surface area contributed by atoms with E-state index in [-0.39, 0.29) is 46.4 Å². The van der Waals surface area contributed by atoms with Crippen molar-refractivity contribution < 1.29 is 48.0 Å². The molecule has 14 heteroatoms. The van der Waals surface area contributed by atoms with Gasteiger partial charge in [0.25, 0.3) is 5.91 Å². The predicted molar refractivity (Wildman–Crippen MR) is 147 cm³/mol. The van der Waals surface area contributed by atoms with Crippen LogP contribution >= 0.6 is 10.2 Å². The molecule has 0 aliphatic heterocycles. The summed E-state index contributed by atoms with van der Waals surface area (Å²) in [6.45, 7) is 0. The van der Waals surface area contributed by atoms with E-state index < -0.39 is 56.4 Å². The number of carboxylic acids is 1. The predicted octanol–water partition coefficient (Wildman–Crippen LogP) is 7.64. The van der Waals surface area contributed by atoms with Gasteiger partial charge in [-0.2, -0.15) is 0 Å². The van der Waals surface area contributed by atoms with E-state index in [0.717, 1.165) is 18.2 Å². The van der Waals surface area contributed by atoms with Gasteiger partial charge in [-0.05, 0) is 73.1 Å². The molecule has 2 aliphatic carbocycles. The number of carboxylic acid groups (broad SMARTS) is 1. The molecule has 2 fully saturated rings. The molecule has 2 bridgehead atoms. The number of aromatic carboxylic acids is 1. The van der Waals surface area contributed by atoms with E-state index in [2.05, 4.69) is 10.6 Å². The third kappa shape index (κ3) is 6.14. The summed E-state index contributed by atoms with van der Waals surface area (Å²) >= 11 is 0. The topological polar surface area (TPSA) is 105 Å². The monoisotopic (exact) mass is 628 g/mol. The summed E-state index contributed by atoms with van der Waals surface area (Å²) in [4.78, 5) is 35.9. The smallest absolute Gasteiger partial charge is 0.335 e. The van der Waals surface area contributed by atoms with Crippen molar-refractivity contribution in [2.75, 3.05) is 12.4 Å². The zero-order valence-corrected chi connectivity index (χ0v) is 23.3. The second-order valence-corrected chi connectivity index (χ2v) is 13.2. The van der Waals surface area contributed by atoms with E-state index in [1.165, 1.54) is 37.4 Å². The Labute approximate surface area is 242 Å². The van der Waals surface area contributed by atoms with E-state index in [0.29, 0.717) is 24.8 Å². The first-order valence-corrected chi connectivity index (χ1v) is 15.1. The van der Waals surface area contributed by atoms with Gasteiger partial charge in [-0.25, -0.2) is 9.18 Å². The summed E-state index contributed by atoms with van der Waals surface area (Å²) in [5, 5.41) is 14.3. The summed E-state index contributed by atoms with van der Waals surface area (Å²) in [5.41, 5.74) is -0.246. The van der Waals surface area contributed by atoms with Gasteiger partial charge in [-0.15, -0.1) is 0 Å². The second kappa shape index (κ2) is 9.93. The highest BCUT2D eigenvalue weighted by Crippen LogP contribution is 3.02. The number of nitrogens with one attached hydrogen (secondary N) is 2. The highest BCUT2D eigenvalue weighted by atomic mass is 32.5. The van der Waals surface area contributed by atoms with Crippen LogP contribution in [0.1, 0.15) is 40.0 Å². The second-order valence-electron chi connectivity index (χ2n) is 10.8. The number of hydrogen-bond acceptors (Lipinski definition) is 4. The maximum absolute atomic E-state index is 15.0. The normalized spacial score (nSPS) is 22.8. The Hall–Kier alpha value is -4.20. The van der Waals surface area contributed by atoms with Crippen molar-refractivity contribution in [3.63, 3.8) is 0 Å². The minimum absolute atomic E-state index is 0.00559. The first-order valence-electron chi connectivity index (χ1n) is 13.1. The molecule has 2 saturated carbocycles. The lowest BCUT2D eigenvalue weighted by molar-refractivity contribution is -0.122. The first kappa shape index (κ1) is 30.3.